The van der Waals surface area contributed by atoms with E-state index in [-0.39, 0.29) is 36.4 Å². The summed E-state index contributed by atoms with van der Waals surface area (Å²) in [6.07, 6.45) is 0.699. The van der Waals surface area contributed by atoms with Gasteiger partial charge in [-0.1, -0.05) is 18.2 Å². The van der Waals surface area contributed by atoms with Crippen LogP contribution in [0, 0.1) is 28.8 Å². The number of hydrogen-bond acceptors (Lipinski definition) is 5. The Balaban J connectivity index is 1.60. The van der Waals surface area contributed by atoms with Crippen LogP contribution in [0.25, 0.3) is 0 Å². The topological polar surface area (TPSA) is 110 Å². The highest BCUT2D eigenvalue weighted by Crippen LogP contribution is 2.27. The summed E-state index contributed by atoms with van der Waals surface area (Å²) in [7, 11) is -3.57. The monoisotopic (exact) mass is 435 g/mol. The van der Waals surface area contributed by atoms with E-state index in [2.05, 4.69) is 5.32 Å². The molecule has 0 spiro atoms. The van der Waals surface area contributed by atoms with Crippen molar-refractivity contribution in [2.24, 2.45) is 5.92 Å². The zero-order chi connectivity index (χ0) is 21.9. The molecule has 0 aliphatic carbocycles. The van der Waals surface area contributed by atoms with Crippen LogP contribution in [0.5, 0.6) is 0 Å². The predicted molar refractivity (Wildman–Crippen MR) is 110 cm³/mol. The van der Waals surface area contributed by atoms with E-state index in [1.807, 2.05) is 0 Å². The van der Waals surface area contributed by atoms with E-state index >= 15 is 0 Å². The van der Waals surface area contributed by atoms with Crippen LogP contribution in [-0.4, -0.2) is 36.6 Å². The van der Waals surface area contributed by atoms with Crippen molar-refractivity contribution in [3.63, 3.8) is 0 Å². The van der Waals surface area contributed by atoms with Gasteiger partial charge in [0.15, 0.2) is 0 Å². The predicted octanol–water partition coefficient (Wildman–Crippen LogP) is 3.22. The minimum absolute atomic E-state index is 0.0745. The van der Waals surface area contributed by atoms with E-state index in [4.69, 9.17) is 0 Å². The molecule has 1 amide bonds. The number of hydrogen-bond donors (Lipinski definition) is 1. The molecular formula is C20H22FN3O5S. The summed E-state index contributed by atoms with van der Waals surface area (Å²) < 4.78 is 39.6. The first-order valence-electron chi connectivity index (χ1n) is 9.44. The van der Waals surface area contributed by atoms with Gasteiger partial charge in [0.1, 0.15) is 5.82 Å². The summed E-state index contributed by atoms with van der Waals surface area (Å²) in [5, 5.41) is 13.8. The lowest BCUT2D eigenvalue weighted by molar-refractivity contribution is -0.385. The molecular weight excluding hydrogens is 413 g/mol. The fourth-order valence-electron chi connectivity index (χ4n) is 3.47. The molecule has 0 bridgehead atoms. The Morgan fingerprint density at radius 3 is 2.43 bits per heavy atom. The van der Waals surface area contributed by atoms with Crippen LogP contribution in [-0.2, 0) is 20.6 Å². The van der Waals surface area contributed by atoms with Gasteiger partial charge in [0.05, 0.1) is 21.9 Å². The molecule has 0 aromatic heterocycles. The molecule has 0 atom stereocenters. The number of nitrogens with one attached hydrogen (secondary N) is 1. The average molecular weight is 435 g/mol. The van der Waals surface area contributed by atoms with Gasteiger partial charge in [-0.25, -0.2) is 17.1 Å². The number of piperidine rings is 1. The fourth-order valence-corrected chi connectivity index (χ4v) is 5.03. The zero-order valence-corrected chi connectivity index (χ0v) is 17.2. The summed E-state index contributed by atoms with van der Waals surface area (Å²) >= 11 is 0. The molecule has 1 aliphatic heterocycles. The molecule has 2 aromatic rings. The largest absolute Gasteiger partial charge is 0.325 e. The van der Waals surface area contributed by atoms with Crippen molar-refractivity contribution < 1.29 is 22.5 Å². The quantitative estimate of drug-likeness (QED) is 0.553. The molecule has 1 saturated heterocycles. The van der Waals surface area contributed by atoms with Crippen molar-refractivity contribution in [1.82, 2.24) is 4.31 Å². The fraction of sp³-hybridized carbons (Fsp3) is 0.350. The van der Waals surface area contributed by atoms with Crippen molar-refractivity contribution in [2.75, 3.05) is 18.4 Å². The molecule has 1 heterocycles. The molecule has 2 aromatic carbocycles. The zero-order valence-electron chi connectivity index (χ0n) is 16.4. The average Bonchev–Trinajstić information content (AvgIpc) is 2.71. The number of anilines is 1. The molecule has 1 aliphatic rings. The number of nitro benzene ring substituents is 1. The molecule has 10 heteroatoms. The summed E-state index contributed by atoms with van der Waals surface area (Å²) in [4.78, 5) is 23.1. The van der Waals surface area contributed by atoms with E-state index in [0.29, 0.717) is 29.7 Å². The van der Waals surface area contributed by atoms with Gasteiger partial charge in [-0.3, -0.25) is 14.9 Å². The summed E-state index contributed by atoms with van der Waals surface area (Å²) in [5.41, 5.74) is 1.17. The smallest absolute Gasteiger partial charge is 0.274 e. The van der Waals surface area contributed by atoms with Crippen LogP contribution in [0.3, 0.4) is 0 Å². The molecule has 0 radical (unpaired) electrons. The maximum Gasteiger partial charge on any atom is 0.274 e. The van der Waals surface area contributed by atoms with Gasteiger partial charge in [-0.15, -0.1) is 0 Å². The number of carbonyl (C=O) groups excluding carboxylic acids is 1. The second-order valence-corrected chi connectivity index (χ2v) is 9.22. The molecule has 1 N–H and O–H groups in total. The number of nitro groups is 1. The highest BCUT2D eigenvalue weighted by atomic mass is 32.2. The van der Waals surface area contributed by atoms with Crippen LogP contribution < -0.4 is 5.32 Å². The van der Waals surface area contributed by atoms with Gasteiger partial charge in [0.25, 0.3) is 5.69 Å². The Morgan fingerprint density at radius 1 is 1.20 bits per heavy atom. The van der Waals surface area contributed by atoms with Gasteiger partial charge in [0.2, 0.25) is 15.9 Å². The van der Waals surface area contributed by atoms with Crippen LogP contribution in [0.2, 0.25) is 0 Å². The molecule has 8 nitrogen and oxygen atoms in total. The Morgan fingerprint density at radius 2 is 1.83 bits per heavy atom. The van der Waals surface area contributed by atoms with Crippen LogP contribution in [0.1, 0.15) is 24.0 Å². The Kier molecular flexibility index (Phi) is 6.47. The number of benzene rings is 2. The van der Waals surface area contributed by atoms with Gasteiger partial charge < -0.3 is 5.32 Å². The number of nitrogens with zero attached hydrogens (tertiary/aromatic N) is 2. The van der Waals surface area contributed by atoms with Gasteiger partial charge >= 0.3 is 0 Å². The Bertz CT molecular complexity index is 1050. The van der Waals surface area contributed by atoms with Crippen molar-refractivity contribution in [1.29, 1.82) is 0 Å². The van der Waals surface area contributed by atoms with E-state index in [0.717, 1.165) is 0 Å². The van der Waals surface area contributed by atoms with Crippen molar-refractivity contribution in [3.8, 4) is 0 Å². The van der Waals surface area contributed by atoms with Crippen molar-refractivity contribution in [2.45, 2.75) is 25.5 Å². The lowest BCUT2D eigenvalue weighted by atomic mass is 9.97. The van der Waals surface area contributed by atoms with E-state index in [1.54, 1.807) is 13.0 Å². The number of rotatable bonds is 6. The lowest BCUT2D eigenvalue weighted by Crippen LogP contribution is -2.41. The van der Waals surface area contributed by atoms with Gasteiger partial charge in [-0.05, 0) is 43.5 Å². The maximum atomic E-state index is 13.0. The molecule has 1 fully saturated rings. The minimum Gasteiger partial charge on any atom is -0.325 e. The third-order valence-corrected chi connectivity index (χ3v) is 7.09. The lowest BCUT2D eigenvalue weighted by Gasteiger charge is -2.30. The van der Waals surface area contributed by atoms with Crippen LogP contribution >= 0.6 is 0 Å². The second-order valence-electron chi connectivity index (χ2n) is 7.25. The van der Waals surface area contributed by atoms with Crippen LogP contribution in [0.15, 0.2) is 42.5 Å². The van der Waals surface area contributed by atoms with Gasteiger partial charge in [-0.2, -0.15) is 0 Å². The first-order chi connectivity index (χ1) is 14.2. The standard InChI is InChI=1S/C20H22FN3O5S/c1-14-18(3-2-4-19(14)24(26)27)22-20(25)16-9-11-23(12-10-16)30(28,29)13-15-5-7-17(21)8-6-15/h2-8,16H,9-13H2,1H3,(H,22,25). The number of halogens is 1. The second kappa shape index (κ2) is 8.88. The summed E-state index contributed by atoms with van der Waals surface area (Å²) in [6.45, 7) is 1.98. The van der Waals surface area contributed by atoms with Crippen LogP contribution in [0.4, 0.5) is 15.8 Å². The third-order valence-electron chi connectivity index (χ3n) is 5.24. The first-order valence-corrected chi connectivity index (χ1v) is 11.1. The number of amides is 1. The molecule has 0 saturated carbocycles. The van der Waals surface area contributed by atoms with Crippen molar-refractivity contribution >= 4 is 27.3 Å². The highest BCUT2D eigenvalue weighted by molar-refractivity contribution is 7.88. The van der Waals surface area contributed by atoms with E-state index < -0.39 is 20.8 Å². The molecule has 0 unspecified atom stereocenters. The maximum absolute atomic E-state index is 13.0. The van der Waals surface area contributed by atoms with Crippen molar-refractivity contribution in [3.05, 3.63) is 69.5 Å². The van der Waals surface area contributed by atoms with E-state index in [1.165, 1.54) is 40.7 Å². The normalized spacial score (nSPS) is 15.7. The molecule has 30 heavy (non-hydrogen) atoms. The van der Waals surface area contributed by atoms with E-state index in [9.17, 15) is 27.7 Å². The summed E-state index contributed by atoms with van der Waals surface area (Å²) in [6, 6.07) is 9.79. The summed E-state index contributed by atoms with van der Waals surface area (Å²) in [5.74, 6) is -1.33. The third kappa shape index (κ3) is 5.00. The molecule has 160 valence electrons. The number of carbonyl (C=O) groups is 1. The van der Waals surface area contributed by atoms with Gasteiger partial charge in [0, 0.05) is 25.1 Å². The first kappa shape index (κ1) is 21.8. The molecule has 3 rings (SSSR count). The minimum atomic E-state index is -3.57. The Labute approximate surface area is 173 Å². The number of sulfonamides is 1. The highest BCUT2D eigenvalue weighted by Gasteiger charge is 2.31. The Hall–Kier alpha value is -2.85. The SMILES string of the molecule is Cc1c(NC(=O)C2CCN(S(=O)(=O)Cc3ccc(F)cc3)CC2)cccc1[N+](=O)[O-].